The summed E-state index contributed by atoms with van der Waals surface area (Å²) in [6.45, 7) is 5.76. The lowest BCUT2D eigenvalue weighted by molar-refractivity contribution is 0.0000758. The second kappa shape index (κ2) is 6.60. The molecule has 0 saturated carbocycles. The summed E-state index contributed by atoms with van der Waals surface area (Å²) in [4.78, 5) is 14.6. The molecule has 0 spiro atoms. The fourth-order valence-electron chi connectivity index (χ4n) is 3.80. The SMILES string of the molecule is CC(C)(C)OC(=O)N1C2C=C(c3ccccc3CO)CC1CCC2. The first-order valence-corrected chi connectivity index (χ1v) is 8.80. The lowest BCUT2D eigenvalue weighted by atomic mass is 9.82. The third-order valence-corrected chi connectivity index (χ3v) is 4.78. The lowest BCUT2D eigenvalue weighted by Crippen LogP contribution is -2.53. The second-order valence-electron chi connectivity index (χ2n) is 7.75. The van der Waals surface area contributed by atoms with Gasteiger partial charge in [0, 0.05) is 6.04 Å². The largest absolute Gasteiger partial charge is 0.444 e. The van der Waals surface area contributed by atoms with Crippen molar-refractivity contribution < 1.29 is 14.6 Å². The molecule has 2 unspecified atom stereocenters. The van der Waals surface area contributed by atoms with Crippen molar-refractivity contribution in [3.05, 3.63) is 41.5 Å². The molecule has 1 aromatic carbocycles. The number of rotatable bonds is 2. The Morgan fingerprint density at radius 3 is 2.71 bits per heavy atom. The summed E-state index contributed by atoms with van der Waals surface area (Å²) in [6.07, 6.45) is 5.94. The zero-order valence-electron chi connectivity index (χ0n) is 14.8. The van der Waals surface area contributed by atoms with E-state index in [4.69, 9.17) is 4.74 Å². The number of piperidine rings is 1. The van der Waals surface area contributed by atoms with Crippen LogP contribution in [0.25, 0.3) is 5.57 Å². The van der Waals surface area contributed by atoms with Crippen LogP contribution in [-0.2, 0) is 11.3 Å². The van der Waals surface area contributed by atoms with Crippen molar-refractivity contribution in [1.82, 2.24) is 4.90 Å². The zero-order chi connectivity index (χ0) is 17.3. The van der Waals surface area contributed by atoms with Gasteiger partial charge in [-0.15, -0.1) is 0 Å². The summed E-state index contributed by atoms with van der Waals surface area (Å²) < 4.78 is 5.62. The van der Waals surface area contributed by atoms with Gasteiger partial charge < -0.3 is 9.84 Å². The Morgan fingerprint density at radius 1 is 1.29 bits per heavy atom. The van der Waals surface area contributed by atoms with Crippen molar-refractivity contribution in [3.63, 3.8) is 0 Å². The summed E-state index contributed by atoms with van der Waals surface area (Å²) in [5, 5.41) is 9.61. The first-order valence-electron chi connectivity index (χ1n) is 8.80. The quantitative estimate of drug-likeness (QED) is 0.888. The van der Waals surface area contributed by atoms with Crippen LogP contribution >= 0.6 is 0 Å². The molecule has 24 heavy (non-hydrogen) atoms. The van der Waals surface area contributed by atoms with Crippen LogP contribution in [0.15, 0.2) is 30.3 Å². The number of amides is 1. The van der Waals surface area contributed by atoms with Crippen LogP contribution in [0.5, 0.6) is 0 Å². The van der Waals surface area contributed by atoms with Gasteiger partial charge in [-0.2, -0.15) is 0 Å². The molecule has 0 aliphatic carbocycles. The van der Waals surface area contributed by atoms with Crippen molar-refractivity contribution in [1.29, 1.82) is 0 Å². The minimum absolute atomic E-state index is 0.0403. The van der Waals surface area contributed by atoms with Gasteiger partial charge in [-0.3, -0.25) is 4.90 Å². The molecule has 1 aromatic rings. The highest BCUT2D eigenvalue weighted by molar-refractivity contribution is 5.75. The highest BCUT2D eigenvalue weighted by Crippen LogP contribution is 2.38. The van der Waals surface area contributed by atoms with Crippen LogP contribution in [0.3, 0.4) is 0 Å². The maximum absolute atomic E-state index is 12.6. The third-order valence-electron chi connectivity index (χ3n) is 4.78. The number of fused-ring (bicyclic) bond motifs is 2. The Kier molecular flexibility index (Phi) is 4.68. The van der Waals surface area contributed by atoms with Crippen LogP contribution < -0.4 is 0 Å². The van der Waals surface area contributed by atoms with Crippen LogP contribution in [0.4, 0.5) is 4.79 Å². The fraction of sp³-hybridized carbons (Fsp3) is 0.550. The maximum Gasteiger partial charge on any atom is 0.411 e. The van der Waals surface area contributed by atoms with Gasteiger partial charge >= 0.3 is 6.09 Å². The molecule has 0 aromatic heterocycles. The van der Waals surface area contributed by atoms with Gasteiger partial charge in [0.15, 0.2) is 0 Å². The summed E-state index contributed by atoms with van der Waals surface area (Å²) in [6, 6.07) is 8.26. The fourth-order valence-corrected chi connectivity index (χ4v) is 3.80. The summed E-state index contributed by atoms with van der Waals surface area (Å²) in [5.74, 6) is 0. The van der Waals surface area contributed by atoms with Gasteiger partial charge in [0.05, 0.1) is 12.6 Å². The van der Waals surface area contributed by atoms with Crippen molar-refractivity contribution in [2.75, 3.05) is 0 Å². The Morgan fingerprint density at radius 2 is 2.04 bits per heavy atom. The molecular formula is C20H27NO3. The van der Waals surface area contributed by atoms with Crippen molar-refractivity contribution in [2.24, 2.45) is 0 Å². The highest BCUT2D eigenvalue weighted by atomic mass is 16.6. The first kappa shape index (κ1) is 17.0. The average molecular weight is 329 g/mol. The van der Waals surface area contributed by atoms with Crippen LogP contribution in [0.2, 0.25) is 0 Å². The molecule has 2 heterocycles. The Balaban J connectivity index is 1.89. The van der Waals surface area contributed by atoms with Gasteiger partial charge in [0.25, 0.3) is 0 Å². The molecule has 0 radical (unpaired) electrons. The first-order chi connectivity index (χ1) is 11.4. The number of hydrogen-bond acceptors (Lipinski definition) is 3. The number of ether oxygens (including phenoxy) is 1. The highest BCUT2D eigenvalue weighted by Gasteiger charge is 2.39. The van der Waals surface area contributed by atoms with E-state index in [2.05, 4.69) is 12.1 Å². The zero-order valence-corrected chi connectivity index (χ0v) is 14.8. The lowest BCUT2D eigenvalue weighted by Gasteiger charge is -2.45. The third kappa shape index (κ3) is 3.48. The number of nitrogens with zero attached hydrogens (tertiary/aromatic N) is 1. The van der Waals surface area contributed by atoms with E-state index < -0.39 is 5.60 Å². The van der Waals surface area contributed by atoms with Gasteiger partial charge in [-0.25, -0.2) is 4.79 Å². The van der Waals surface area contributed by atoms with Crippen LogP contribution in [0.1, 0.15) is 57.6 Å². The molecule has 2 aliphatic heterocycles. The minimum atomic E-state index is -0.473. The van der Waals surface area contributed by atoms with Crippen molar-refractivity contribution in [3.8, 4) is 0 Å². The molecule has 1 amide bonds. The second-order valence-corrected chi connectivity index (χ2v) is 7.75. The van der Waals surface area contributed by atoms with Gasteiger partial charge in [0.1, 0.15) is 5.60 Å². The number of aliphatic hydroxyl groups excluding tert-OH is 1. The van der Waals surface area contributed by atoms with Crippen molar-refractivity contribution in [2.45, 2.75) is 70.7 Å². The number of carbonyl (C=O) groups is 1. The maximum atomic E-state index is 12.6. The van der Waals surface area contributed by atoms with Crippen LogP contribution in [-0.4, -0.2) is 33.8 Å². The van der Waals surface area contributed by atoms with E-state index in [0.29, 0.717) is 0 Å². The molecule has 2 atom stereocenters. The number of hydrogen-bond donors (Lipinski definition) is 1. The monoisotopic (exact) mass is 329 g/mol. The Bertz CT molecular complexity index is 645. The molecule has 3 rings (SSSR count). The Hall–Kier alpha value is -1.81. The summed E-state index contributed by atoms with van der Waals surface area (Å²) >= 11 is 0. The molecular weight excluding hydrogens is 302 g/mol. The van der Waals surface area contributed by atoms with Gasteiger partial charge in [-0.1, -0.05) is 30.3 Å². The molecule has 1 N–H and O–H groups in total. The van der Waals surface area contributed by atoms with E-state index in [1.807, 2.05) is 43.9 Å². The Labute approximate surface area is 144 Å². The van der Waals surface area contributed by atoms with E-state index in [1.165, 1.54) is 5.57 Å². The topological polar surface area (TPSA) is 49.8 Å². The smallest absolute Gasteiger partial charge is 0.411 e. The van der Waals surface area contributed by atoms with Gasteiger partial charge in [0.2, 0.25) is 0 Å². The van der Waals surface area contributed by atoms with E-state index in [0.717, 1.165) is 36.8 Å². The summed E-state index contributed by atoms with van der Waals surface area (Å²) in [5.41, 5.74) is 2.83. The molecule has 130 valence electrons. The van der Waals surface area contributed by atoms with E-state index >= 15 is 0 Å². The molecule has 1 saturated heterocycles. The molecule has 4 heteroatoms. The van der Waals surface area contributed by atoms with E-state index in [1.54, 1.807) is 0 Å². The normalized spacial score (nSPS) is 23.7. The van der Waals surface area contributed by atoms with E-state index in [-0.39, 0.29) is 24.8 Å². The number of benzene rings is 1. The molecule has 2 aliphatic rings. The minimum Gasteiger partial charge on any atom is -0.444 e. The van der Waals surface area contributed by atoms with Crippen LogP contribution in [0, 0.1) is 0 Å². The van der Waals surface area contributed by atoms with Gasteiger partial charge in [-0.05, 0) is 63.2 Å². The number of aliphatic hydroxyl groups is 1. The molecule has 4 nitrogen and oxygen atoms in total. The predicted molar refractivity (Wildman–Crippen MR) is 94.5 cm³/mol. The van der Waals surface area contributed by atoms with E-state index in [9.17, 15) is 9.90 Å². The standard InChI is InChI=1S/C20H27NO3/c1-20(2,3)24-19(23)21-16-8-6-9-17(21)12-15(11-16)18-10-5-4-7-14(18)13-22/h4-5,7,10-11,16-17,22H,6,8-9,12-13H2,1-3H3. The molecule has 1 fully saturated rings. The average Bonchev–Trinajstić information content (AvgIpc) is 2.52. The van der Waals surface area contributed by atoms with Crippen molar-refractivity contribution >= 4 is 11.7 Å². The summed E-state index contributed by atoms with van der Waals surface area (Å²) in [7, 11) is 0. The predicted octanol–water partition coefficient (Wildman–Crippen LogP) is 4.12. The molecule has 2 bridgehead atoms. The number of carbonyl (C=O) groups excluding carboxylic acids is 1.